The van der Waals surface area contributed by atoms with Crippen LogP contribution < -0.4 is 0 Å². The number of nitrogens with zero attached hydrogens (tertiary/aromatic N) is 3. The molecule has 0 bridgehead atoms. The number of hydrogen-bond acceptors (Lipinski definition) is 3. The van der Waals surface area contributed by atoms with Gasteiger partial charge in [-0.2, -0.15) is 10.4 Å². The summed E-state index contributed by atoms with van der Waals surface area (Å²) in [4.78, 5) is 0. The van der Waals surface area contributed by atoms with E-state index >= 15 is 0 Å². The van der Waals surface area contributed by atoms with E-state index < -0.39 is 28.9 Å². The zero-order chi connectivity index (χ0) is 14.0. The van der Waals surface area contributed by atoms with Gasteiger partial charge in [0.1, 0.15) is 23.4 Å². The van der Waals surface area contributed by atoms with E-state index in [9.17, 15) is 13.2 Å². The van der Waals surface area contributed by atoms with Crippen LogP contribution in [-0.2, 0) is 0 Å². The Morgan fingerprint density at radius 3 is 2.21 bits per heavy atom. The third-order valence-corrected chi connectivity index (χ3v) is 2.61. The van der Waals surface area contributed by atoms with Crippen LogP contribution in [0.5, 0.6) is 0 Å². The zero-order valence-electron chi connectivity index (χ0n) is 9.24. The molecule has 0 saturated heterocycles. The van der Waals surface area contributed by atoms with Crippen LogP contribution in [-0.4, -0.2) is 10.2 Å². The van der Waals surface area contributed by atoms with Gasteiger partial charge in [0.05, 0.1) is 11.8 Å². The molecule has 19 heavy (non-hydrogen) atoms. The standard InChI is InChI=1S/C12H5ClF3N3/c13-11-2-1-10(18-19-11)7(5-17)12-8(15)3-6(14)4-9(12)16/h1-4,7H. The summed E-state index contributed by atoms with van der Waals surface area (Å²) in [6.07, 6.45) is 0. The summed E-state index contributed by atoms with van der Waals surface area (Å²) in [6, 6.07) is 5.38. The maximum absolute atomic E-state index is 13.6. The molecule has 1 aromatic heterocycles. The molecule has 1 heterocycles. The smallest absolute Gasteiger partial charge is 0.151 e. The molecule has 2 aromatic rings. The highest BCUT2D eigenvalue weighted by atomic mass is 35.5. The summed E-state index contributed by atoms with van der Waals surface area (Å²) in [7, 11) is 0. The van der Waals surface area contributed by atoms with Crippen molar-refractivity contribution in [3.05, 3.63) is 58.1 Å². The molecule has 0 aliphatic heterocycles. The molecule has 3 nitrogen and oxygen atoms in total. The van der Waals surface area contributed by atoms with Gasteiger partial charge >= 0.3 is 0 Å². The average Bonchev–Trinajstić information content (AvgIpc) is 2.35. The molecule has 0 spiro atoms. The second-order valence-corrected chi connectivity index (χ2v) is 4.01. The van der Waals surface area contributed by atoms with Gasteiger partial charge in [0.25, 0.3) is 0 Å². The number of rotatable bonds is 2. The summed E-state index contributed by atoms with van der Waals surface area (Å²) in [5.74, 6) is -4.69. The monoisotopic (exact) mass is 283 g/mol. The Morgan fingerprint density at radius 2 is 1.74 bits per heavy atom. The van der Waals surface area contributed by atoms with E-state index in [1.165, 1.54) is 12.1 Å². The summed E-state index contributed by atoms with van der Waals surface area (Å²) in [6.45, 7) is 0. The number of benzene rings is 1. The van der Waals surface area contributed by atoms with Gasteiger partial charge < -0.3 is 0 Å². The highest BCUT2D eigenvalue weighted by Crippen LogP contribution is 2.28. The van der Waals surface area contributed by atoms with Crippen molar-refractivity contribution in [1.29, 1.82) is 5.26 Å². The maximum Gasteiger partial charge on any atom is 0.151 e. The largest absolute Gasteiger partial charge is 0.207 e. The molecule has 1 unspecified atom stereocenters. The lowest BCUT2D eigenvalue weighted by Crippen LogP contribution is -2.08. The van der Waals surface area contributed by atoms with Gasteiger partial charge in [-0.25, -0.2) is 13.2 Å². The molecule has 2 rings (SSSR count). The van der Waals surface area contributed by atoms with Crippen molar-refractivity contribution in [2.45, 2.75) is 5.92 Å². The summed E-state index contributed by atoms with van der Waals surface area (Å²) in [5, 5.41) is 16.2. The molecule has 0 saturated carbocycles. The maximum atomic E-state index is 13.6. The second-order valence-electron chi connectivity index (χ2n) is 3.63. The Bertz CT molecular complexity index is 629. The quantitative estimate of drug-likeness (QED) is 0.850. The number of aromatic nitrogens is 2. The number of halogens is 4. The molecule has 0 aliphatic rings. The Hall–Kier alpha value is -2.13. The van der Waals surface area contributed by atoms with Gasteiger partial charge in [-0.15, -0.1) is 5.10 Å². The SMILES string of the molecule is N#CC(c1ccc(Cl)nn1)c1c(F)cc(F)cc1F. The minimum Gasteiger partial charge on any atom is -0.207 e. The van der Waals surface area contributed by atoms with Gasteiger partial charge in [-0.1, -0.05) is 11.6 Å². The van der Waals surface area contributed by atoms with Crippen LogP contribution in [0.2, 0.25) is 5.15 Å². The van der Waals surface area contributed by atoms with E-state index in [2.05, 4.69) is 10.2 Å². The van der Waals surface area contributed by atoms with Crippen LogP contribution in [0, 0.1) is 28.8 Å². The first-order chi connectivity index (χ1) is 9.02. The molecule has 96 valence electrons. The first kappa shape index (κ1) is 13.3. The number of hydrogen-bond donors (Lipinski definition) is 0. The van der Waals surface area contributed by atoms with Crippen molar-refractivity contribution >= 4 is 11.6 Å². The van der Waals surface area contributed by atoms with Gasteiger partial charge in [-0.05, 0) is 12.1 Å². The molecule has 0 aliphatic carbocycles. The molecule has 0 fully saturated rings. The third kappa shape index (κ3) is 2.66. The molecule has 7 heteroatoms. The fraction of sp³-hybridized carbons (Fsp3) is 0.0833. The second kappa shape index (κ2) is 5.24. The van der Waals surface area contributed by atoms with E-state index in [0.717, 1.165) is 0 Å². The van der Waals surface area contributed by atoms with Crippen LogP contribution in [0.4, 0.5) is 13.2 Å². The molecular formula is C12H5ClF3N3. The first-order valence-corrected chi connectivity index (χ1v) is 5.44. The van der Waals surface area contributed by atoms with Crippen molar-refractivity contribution in [1.82, 2.24) is 10.2 Å². The Morgan fingerprint density at radius 1 is 1.11 bits per heavy atom. The Kier molecular flexibility index (Phi) is 3.67. The van der Waals surface area contributed by atoms with Gasteiger partial charge in [0, 0.05) is 17.7 Å². The lowest BCUT2D eigenvalue weighted by Gasteiger charge is -2.10. The van der Waals surface area contributed by atoms with Crippen LogP contribution >= 0.6 is 11.6 Å². The lowest BCUT2D eigenvalue weighted by molar-refractivity contribution is 0.521. The van der Waals surface area contributed by atoms with E-state index in [1.807, 2.05) is 0 Å². The summed E-state index contributed by atoms with van der Waals surface area (Å²) in [5.41, 5.74) is -0.545. The van der Waals surface area contributed by atoms with Crippen LogP contribution in [0.15, 0.2) is 24.3 Å². The summed E-state index contributed by atoms with van der Waals surface area (Å²) < 4.78 is 40.0. The van der Waals surface area contributed by atoms with E-state index in [4.69, 9.17) is 16.9 Å². The van der Waals surface area contributed by atoms with Crippen molar-refractivity contribution in [3.63, 3.8) is 0 Å². The molecule has 1 atom stereocenters. The average molecular weight is 284 g/mol. The van der Waals surface area contributed by atoms with Crippen molar-refractivity contribution in [2.75, 3.05) is 0 Å². The van der Waals surface area contributed by atoms with Gasteiger partial charge in [-0.3, -0.25) is 0 Å². The Balaban J connectivity index is 2.55. The van der Waals surface area contributed by atoms with Crippen molar-refractivity contribution in [3.8, 4) is 6.07 Å². The van der Waals surface area contributed by atoms with E-state index in [1.54, 1.807) is 6.07 Å². The predicted octanol–water partition coefficient (Wildman–Crippen LogP) is 3.20. The van der Waals surface area contributed by atoms with E-state index in [0.29, 0.717) is 12.1 Å². The topological polar surface area (TPSA) is 49.6 Å². The lowest BCUT2D eigenvalue weighted by atomic mass is 9.96. The fourth-order valence-electron chi connectivity index (χ4n) is 1.59. The zero-order valence-corrected chi connectivity index (χ0v) is 10.00. The highest BCUT2D eigenvalue weighted by Gasteiger charge is 2.24. The minimum absolute atomic E-state index is 0.0244. The molecule has 0 amide bonds. The Labute approximate surface area is 111 Å². The van der Waals surface area contributed by atoms with Crippen LogP contribution in [0.1, 0.15) is 17.2 Å². The van der Waals surface area contributed by atoms with Crippen molar-refractivity contribution < 1.29 is 13.2 Å². The van der Waals surface area contributed by atoms with Gasteiger partial charge in [0.2, 0.25) is 0 Å². The van der Waals surface area contributed by atoms with E-state index in [-0.39, 0.29) is 10.8 Å². The minimum atomic E-state index is -1.33. The first-order valence-electron chi connectivity index (χ1n) is 5.06. The molecular weight excluding hydrogens is 279 g/mol. The van der Waals surface area contributed by atoms with Gasteiger partial charge in [0.15, 0.2) is 5.15 Å². The molecule has 0 radical (unpaired) electrons. The molecule has 1 aromatic carbocycles. The highest BCUT2D eigenvalue weighted by molar-refractivity contribution is 6.29. The molecule has 0 N–H and O–H groups in total. The number of nitriles is 1. The van der Waals surface area contributed by atoms with Crippen molar-refractivity contribution in [2.24, 2.45) is 0 Å². The van der Waals surface area contributed by atoms with Crippen LogP contribution in [0.3, 0.4) is 0 Å². The normalized spacial score (nSPS) is 11.9. The third-order valence-electron chi connectivity index (χ3n) is 2.41. The predicted molar refractivity (Wildman–Crippen MR) is 60.8 cm³/mol. The van der Waals surface area contributed by atoms with Crippen LogP contribution in [0.25, 0.3) is 0 Å². The fourth-order valence-corrected chi connectivity index (χ4v) is 1.69. The summed E-state index contributed by atoms with van der Waals surface area (Å²) >= 11 is 5.53.